The summed E-state index contributed by atoms with van der Waals surface area (Å²) in [4.78, 5) is 29.6. The Hall–Kier alpha value is -1.50. The number of carbonyl (C=O) groups excluding carboxylic acids is 2. The molecule has 0 unspecified atom stereocenters. The maximum atomic E-state index is 11.3. The molecule has 0 spiro atoms. The van der Waals surface area contributed by atoms with E-state index in [1.54, 1.807) is 0 Å². The molecule has 0 aliphatic rings. The number of nitrogens with one attached hydrogen (secondary N) is 2. The first kappa shape index (κ1) is 12.6. The highest BCUT2D eigenvalue weighted by Crippen LogP contribution is 2.06. The minimum atomic E-state index is -0.427. The van der Waals surface area contributed by atoms with Crippen molar-refractivity contribution in [1.82, 2.24) is 15.3 Å². The van der Waals surface area contributed by atoms with E-state index in [2.05, 4.69) is 36.5 Å². The second kappa shape index (κ2) is 6.16. The van der Waals surface area contributed by atoms with Crippen molar-refractivity contribution in [1.29, 1.82) is 0 Å². The van der Waals surface area contributed by atoms with Gasteiger partial charge in [-0.05, 0) is 22.9 Å². The number of amides is 2. The van der Waals surface area contributed by atoms with Crippen LogP contribution in [0.4, 0.5) is 10.7 Å². The lowest BCUT2D eigenvalue weighted by atomic mass is 10.3. The molecule has 2 N–H and O–H groups in total. The van der Waals surface area contributed by atoms with E-state index >= 15 is 0 Å². The zero-order chi connectivity index (χ0) is 12.0. The number of urea groups is 1. The zero-order valence-corrected chi connectivity index (χ0v) is 10.2. The van der Waals surface area contributed by atoms with Crippen molar-refractivity contribution < 1.29 is 9.59 Å². The number of carbonyl (C=O) groups is 2. The first-order valence-electron chi connectivity index (χ1n) is 4.60. The van der Waals surface area contributed by atoms with Crippen LogP contribution in [0.2, 0.25) is 0 Å². The summed E-state index contributed by atoms with van der Waals surface area (Å²) in [5.74, 6) is 0.240. The van der Waals surface area contributed by atoms with Gasteiger partial charge in [0.15, 0.2) is 0 Å². The molecular weight excluding hydrogens is 276 g/mol. The van der Waals surface area contributed by atoms with Crippen LogP contribution in [0.3, 0.4) is 0 Å². The van der Waals surface area contributed by atoms with E-state index in [-0.39, 0.29) is 11.7 Å². The van der Waals surface area contributed by atoms with Crippen molar-refractivity contribution in [3.05, 3.63) is 16.9 Å². The van der Waals surface area contributed by atoms with Crippen LogP contribution in [0.5, 0.6) is 0 Å². The van der Waals surface area contributed by atoms with Crippen LogP contribution in [-0.2, 0) is 4.79 Å². The van der Waals surface area contributed by atoms with Gasteiger partial charge in [0.05, 0.1) is 4.47 Å². The Bertz CT molecular complexity index is 380. The number of ketones is 1. The van der Waals surface area contributed by atoms with Gasteiger partial charge in [-0.25, -0.2) is 14.8 Å². The second-order valence-electron chi connectivity index (χ2n) is 3.06. The summed E-state index contributed by atoms with van der Waals surface area (Å²) >= 11 is 3.18. The summed E-state index contributed by atoms with van der Waals surface area (Å²) in [5.41, 5.74) is 0. The molecule has 16 heavy (non-hydrogen) atoms. The van der Waals surface area contributed by atoms with Crippen LogP contribution in [0, 0.1) is 0 Å². The quantitative estimate of drug-likeness (QED) is 0.875. The summed E-state index contributed by atoms with van der Waals surface area (Å²) in [7, 11) is 0. The monoisotopic (exact) mass is 286 g/mol. The van der Waals surface area contributed by atoms with Gasteiger partial charge in [0.2, 0.25) is 5.95 Å². The Balaban J connectivity index is 2.34. The van der Waals surface area contributed by atoms with Gasteiger partial charge in [0.1, 0.15) is 5.78 Å². The summed E-state index contributed by atoms with van der Waals surface area (Å²) in [6.45, 7) is 1.77. The second-order valence-corrected chi connectivity index (χ2v) is 3.97. The van der Waals surface area contributed by atoms with Crippen molar-refractivity contribution in [2.75, 3.05) is 11.9 Å². The number of nitrogens with zero attached hydrogens (tertiary/aromatic N) is 2. The standard InChI is InChI=1S/C9H11BrN4O2/c1-6(15)2-3-11-9(16)14-8-12-4-7(10)5-13-8/h4-5H,2-3H2,1H3,(H2,11,12,13,14,16). The van der Waals surface area contributed by atoms with E-state index in [9.17, 15) is 9.59 Å². The highest BCUT2D eigenvalue weighted by atomic mass is 79.9. The molecule has 0 radical (unpaired) electrons. The van der Waals surface area contributed by atoms with Crippen molar-refractivity contribution in [2.24, 2.45) is 0 Å². The molecule has 1 rings (SSSR count). The average molecular weight is 287 g/mol. The lowest BCUT2D eigenvalue weighted by Gasteiger charge is -2.04. The van der Waals surface area contributed by atoms with E-state index in [1.807, 2.05) is 0 Å². The average Bonchev–Trinajstić information content (AvgIpc) is 2.21. The summed E-state index contributed by atoms with van der Waals surface area (Å²) in [5, 5.41) is 4.95. The van der Waals surface area contributed by atoms with E-state index in [4.69, 9.17) is 0 Å². The normalized spacial score (nSPS) is 9.62. The molecule has 0 aliphatic heterocycles. The number of rotatable bonds is 4. The highest BCUT2D eigenvalue weighted by Gasteiger charge is 2.03. The molecule has 0 aromatic carbocycles. The number of aromatic nitrogens is 2. The maximum Gasteiger partial charge on any atom is 0.321 e. The van der Waals surface area contributed by atoms with Gasteiger partial charge in [-0.1, -0.05) is 0 Å². The first-order chi connectivity index (χ1) is 7.58. The molecular formula is C9H11BrN4O2. The smallest absolute Gasteiger partial charge is 0.321 e. The van der Waals surface area contributed by atoms with Gasteiger partial charge in [-0.15, -0.1) is 0 Å². The molecule has 0 saturated carbocycles. The molecule has 0 fully saturated rings. The van der Waals surface area contributed by atoms with Gasteiger partial charge in [0.25, 0.3) is 0 Å². The van der Waals surface area contributed by atoms with Crippen molar-refractivity contribution in [3.8, 4) is 0 Å². The fourth-order valence-corrected chi connectivity index (χ4v) is 1.08. The van der Waals surface area contributed by atoms with Gasteiger partial charge < -0.3 is 5.32 Å². The number of hydrogen-bond donors (Lipinski definition) is 2. The van der Waals surface area contributed by atoms with Gasteiger partial charge in [0, 0.05) is 25.4 Å². The third-order valence-electron chi connectivity index (χ3n) is 1.61. The molecule has 0 bridgehead atoms. The van der Waals surface area contributed by atoms with Crippen molar-refractivity contribution >= 4 is 33.7 Å². The molecule has 7 heteroatoms. The molecule has 1 heterocycles. The van der Waals surface area contributed by atoms with Crippen molar-refractivity contribution in [2.45, 2.75) is 13.3 Å². The zero-order valence-electron chi connectivity index (χ0n) is 8.66. The minimum absolute atomic E-state index is 0.0280. The van der Waals surface area contributed by atoms with Gasteiger partial charge in [-0.2, -0.15) is 0 Å². The van der Waals surface area contributed by atoms with Crippen LogP contribution in [0.1, 0.15) is 13.3 Å². The third kappa shape index (κ3) is 4.83. The molecule has 0 aliphatic carbocycles. The number of hydrogen-bond acceptors (Lipinski definition) is 4. The highest BCUT2D eigenvalue weighted by molar-refractivity contribution is 9.10. The molecule has 0 atom stereocenters. The molecule has 1 aromatic heterocycles. The Kier molecular flexibility index (Phi) is 4.84. The van der Waals surface area contributed by atoms with Gasteiger partial charge in [-0.3, -0.25) is 10.1 Å². The number of Topliss-reactive ketones (excluding diaryl/α,β-unsaturated/α-hetero) is 1. The van der Waals surface area contributed by atoms with Crippen LogP contribution in [-0.4, -0.2) is 28.3 Å². The molecule has 1 aromatic rings. The lowest BCUT2D eigenvalue weighted by molar-refractivity contribution is -0.116. The fourth-order valence-electron chi connectivity index (χ4n) is 0.875. The van der Waals surface area contributed by atoms with Crippen LogP contribution in [0.25, 0.3) is 0 Å². The summed E-state index contributed by atoms with van der Waals surface area (Å²) < 4.78 is 0.732. The van der Waals surface area contributed by atoms with Crippen LogP contribution < -0.4 is 10.6 Å². The van der Waals surface area contributed by atoms with E-state index < -0.39 is 6.03 Å². The molecule has 86 valence electrons. The number of halogens is 1. The third-order valence-corrected chi connectivity index (χ3v) is 2.02. The Morgan fingerprint density at radius 3 is 2.56 bits per heavy atom. The van der Waals surface area contributed by atoms with Gasteiger partial charge >= 0.3 is 6.03 Å². The van der Waals surface area contributed by atoms with Crippen LogP contribution >= 0.6 is 15.9 Å². The molecule has 6 nitrogen and oxygen atoms in total. The topological polar surface area (TPSA) is 84.0 Å². The predicted molar refractivity (Wildman–Crippen MR) is 62.1 cm³/mol. The predicted octanol–water partition coefficient (Wildman–Crippen LogP) is 1.34. The Morgan fingerprint density at radius 1 is 1.38 bits per heavy atom. The van der Waals surface area contributed by atoms with E-state index in [0.29, 0.717) is 13.0 Å². The lowest BCUT2D eigenvalue weighted by Crippen LogP contribution is -2.30. The first-order valence-corrected chi connectivity index (χ1v) is 5.39. The SMILES string of the molecule is CC(=O)CCNC(=O)Nc1ncc(Br)cn1. The fraction of sp³-hybridized carbons (Fsp3) is 0.333. The Morgan fingerprint density at radius 2 is 2.00 bits per heavy atom. The van der Waals surface area contributed by atoms with E-state index in [1.165, 1.54) is 19.3 Å². The number of anilines is 1. The summed E-state index contributed by atoms with van der Waals surface area (Å²) in [6, 6.07) is -0.427. The largest absolute Gasteiger partial charge is 0.337 e. The van der Waals surface area contributed by atoms with Crippen molar-refractivity contribution in [3.63, 3.8) is 0 Å². The minimum Gasteiger partial charge on any atom is -0.337 e. The summed E-state index contributed by atoms with van der Waals surface area (Å²) in [6.07, 6.45) is 3.37. The molecule has 0 saturated heterocycles. The van der Waals surface area contributed by atoms with Crippen LogP contribution in [0.15, 0.2) is 16.9 Å². The maximum absolute atomic E-state index is 11.3. The van der Waals surface area contributed by atoms with E-state index in [0.717, 1.165) is 4.47 Å². The molecule has 2 amide bonds. The Labute approximate surface area is 101 Å².